The van der Waals surface area contributed by atoms with Crippen molar-refractivity contribution in [1.82, 2.24) is 9.88 Å². The van der Waals surface area contributed by atoms with Crippen molar-refractivity contribution in [2.75, 3.05) is 25.0 Å². The lowest BCUT2D eigenvalue weighted by Crippen LogP contribution is -2.47. The number of carbonyl (C=O) groups excluding carboxylic acids is 1. The van der Waals surface area contributed by atoms with Crippen LogP contribution in [0.3, 0.4) is 0 Å². The van der Waals surface area contributed by atoms with E-state index in [2.05, 4.69) is 16.0 Å². The highest BCUT2D eigenvalue weighted by atomic mass is 35.5. The minimum absolute atomic E-state index is 0.105. The highest BCUT2D eigenvalue weighted by Gasteiger charge is 2.29. The van der Waals surface area contributed by atoms with Crippen molar-refractivity contribution in [2.24, 2.45) is 0 Å². The van der Waals surface area contributed by atoms with E-state index in [-0.39, 0.29) is 12.1 Å². The van der Waals surface area contributed by atoms with Crippen molar-refractivity contribution >= 4 is 34.3 Å². The SMILES string of the molecule is CN(C(=O)OC(C)(C)C)C1CCN(c2c(C#N)cnc3ccc(Cl)cc23)CC1. The van der Waals surface area contributed by atoms with Crippen LogP contribution in [0.1, 0.15) is 39.2 Å². The number of fused-ring (bicyclic) bond motifs is 1. The van der Waals surface area contributed by atoms with Gasteiger partial charge in [0.05, 0.1) is 16.8 Å². The molecule has 1 amide bonds. The second kappa shape index (κ2) is 7.84. The Morgan fingerprint density at radius 3 is 2.64 bits per heavy atom. The second-order valence-corrected chi connectivity index (χ2v) is 8.54. The number of amides is 1. The van der Waals surface area contributed by atoms with Crippen molar-refractivity contribution in [3.8, 4) is 6.07 Å². The van der Waals surface area contributed by atoms with Crippen LogP contribution in [0.25, 0.3) is 10.9 Å². The number of rotatable bonds is 2. The van der Waals surface area contributed by atoms with Crippen molar-refractivity contribution in [3.63, 3.8) is 0 Å². The predicted molar refractivity (Wildman–Crippen MR) is 111 cm³/mol. The molecule has 6 nitrogen and oxygen atoms in total. The van der Waals surface area contributed by atoms with E-state index in [0.717, 1.165) is 42.5 Å². The molecule has 148 valence electrons. The number of nitrogens with zero attached hydrogens (tertiary/aromatic N) is 4. The summed E-state index contributed by atoms with van der Waals surface area (Å²) < 4.78 is 5.48. The zero-order valence-corrected chi connectivity index (χ0v) is 17.5. The number of carbonyl (C=O) groups is 1. The topological polar surface area (TPSA) is 69.5 Å². The fraction of sp³-hybridized carbons (Fsp3) is 0.476. The summed E-state index contributed by atoms with van der Waals surface area (Å²) in [5, 5.41) is 11.1. The zero-order chi connectivity index (χ0) is 20.5. The molecule has 0 radical (unpaired) electrons. The standard InChI is InChI=1S/C21H25ClN4O2/c1-21(2,3)28-20(27)25(4)16-7-9-26(10-8-16)19-14(12-23)13-24-18-6-5-15(22)11-17(18)19/h5-6,11,13,16H,7-10H2,1-4H3. The number of pyridine rings is 1. The summed E-state index contributed by atoms with van der Waals surface area (Å²) >= 11 is 6.19. The van der Waals surface area contributed by atoms with Gasteiger partial charge in [-0.3, -0.25) is 4.98 Å². The Bertz CT molecular complexity index is 924. The molecule has 7 heteroatoms. The fourth-order valence-corrected chi connectivity index (χ4v) is 3.71. The number of ether oxygens (including phenoxy) is 1. The van der Waals surface area contributed by atoms with E-state index in [1.807, 2.05) is 32.9 Å². The average Bonchev–Trinajstić information content (AvgIpc) is 2.65. The van der Waals surface area contributed by atoms with Crippen LogP contribution in [0, 0.1) is 11.3 Å². The summed E-state index contributed by atoms with van der Waals surface area (Å²) in [4.78, 5) is 20.6. The quantitative estimate of drug-likeness (QED) is 0.737. The summed E-state index contributed by atoms with van der Waals surface area (Å²) in [5.41, 5.74) is 1.71. The first kappa shape index (κ1) is 20.2. The fourth-order valence-electron chi connectivity index (χ4n) is 3.53. The van der Waals surface area contributed by atoms with Crippen molar-refractivity contribution in [2.45, 2.75) is 45.3 Å². The third kappa shape index (κ3) is 4.31. The lowest BCUT2D eigenvalue weighted by molar-refractivity contribution is 0.0201. The molecule has 2 heterocycles. The molecule has 0 unspecified atom stereocenters. The first-order valence-electron chi connectivity index (χ1n) is 9.39. The summed E-state index contributed by atoms with van der Waals surface area (Å²) in [5.74, 6) is 0. The van der Waals surface area contributed by atoms with Crippen LogP contribution in [0.15, 0.2) is 24.4 Å². The van der Waals surface area contributed by atoms with E-state index in [1.54, 1.807) is 24.2 Å². The number of aromatic nitrogens is 1. The average molecular weight is 401 g/mol. The van der Waals surface area contributed by atoms with E-state index >= 15 is 0 Å². The minimum atomic E-state index is -0.511. The number of piperidine rings is 1. The van der Waals surface area contributed by atoms with Gasteiger partial charge in [-0.1, -0.05) is 11.6 Å². The molecular formula is C21H25ClN4O2. The minimum Gasteiger partial charge on any atom is -0.444 e. The van der Waals surface area contributed by atoms with Gasteiger partial charge in [0.25, 0.3) is 0 Å². The predicted octanol–water partition coefficient (Wildman–Crippen LogP) is 4.60. The van der Waals surface area contributed by atoms with Gasteiger partial charge in [-0.05, 0) is 51.8 Å². The smallest absolute Gasteiger partial charge is 0.410 e. The van der Waals surface area contributed by atoms with Crippen LogP contribution in [-0.2, 0) is 4.74 Å². The zero-order valence-electron chi connectivity index (χ0n) is 16.7. The van der Waals surface area contributed by atoms with E-state index < -0.39 is 5.60 Å². The molecule has 0 bridgehead atoms. The molecule has 0 saturated carbocycles. The van der Waals surface area contributed by atoms with Gasteiger partial charge in [-0.2, -0.15) is 5.26 Å². The van der Waals surface area contributed by atoms with Gasteiger partial charge >= 0.3 is 6.09 Å². The third-order valence-corrected chi connectivity index (χ3v) is 5.17. The van der Waals surface area contributed by atoms with Crippen LogP contribution in [0.4, 0.5) is 10.5 Å². The Hall–Kier alpha value is -2.52. The van der Waals surface area contributed by atoms with Gasteiger partial charge < -0.3 is 14.5 Å². The first-order chi connectivity index (χ1) is 13.2. The molecule has 1 aromatic heterocycles. The molecule has 2 aromatic rings. The molecule has 0 atom stereocenters. The van der Waals surface area contributed by atoms with Gasteiger partial charge in [0.2, 0.25) is 0 Å². The normalized spacial score (nSPS) is 15.4. The lowest BCUT2D eigenvalue weighted by Gasteiger charge is -2.38. The Morgan fingerprint density at radius 2 is 2.04 bits per heavy atom. The van der Waals surface area contributed by atoms with Crippen LogP contribution in [0.5, 0.6) is 0 Å². The number of hydrogen-bond donors (Lipinski definition) is 0. The summed E-state index contributed by atoms with van der Waals surface area (Å²) in [6, 6.07) is 7.88. The summed E-state index contributed by atoms with van der Waals surface area (Å²) in [7, 11) is 1.79. The summed E-state index contributed by atoms with van der Waals surface area (Å²) in [6.07, 6.45) is 2.91. The van der Waals surface area contributed by atoms with Crippen LogP contribution < -0.4 is 4.90 Å². The number of anilines is 1. The maximum Gasteiger partial charge on any atom is 0.410 e. The van der Waals surface area contributed by atoms with Crippen LogP contribution in [-0.4, -0.2) is 47.8 Å². The number of hydrogen-bond acceptors (Lipinski definition) is 5. The van der Waals surface area contributed by atoms with E-state index in [9.17, 15) is 10.1 Å². The largest absolute Gasteiger partial charge is 0.444 e. The molecular weight excluding hydrogens is 376 g/mol. The monoisotopic (exact) mass is 400 g/mol. The van der Waals surface area contributed by atoms with Crippen LogP contribution >= 0.6 is 11.6 Å². The van der Waals surface area contributed by atoms with Gasteiger partial charge in [-0.15, -0.1) is 0 Å². The molecule has 1 fully saturated rings. The van der Waals surface area contributed by atoms with Crippen molar-refractivity contribution in [1.29, 1.82) is 5.26 Å². The van der Waals surface area contributed by atoms with E-state index in [1.165, 1.54) is 0 Å². The molecule has 1 aliphatic rings. The first-order valence-corrected chi connectivity index (χ1v) is 9.76. The molecule has 0 N–H and O–H groups in total. The van der Waals surface area contributed by atoms with Gasteiger partial charge in [-0.25, -0.2) is 4.79 Å². The third-order valence-electron chi connectivity index (χ3n) is 4.93. The number of benzene rings is 1. The summed E-state index contributed by atoms with van der Waals surface area (Å²) in [6.45, 7) is 7.07. The Morgan fingerprint density at radius 1 is 1.36 bits per heavy atom. The molecule has 3 rings (SSSR count). The van der Waals surface area contributed by atoms with E-state index in [4.69, 9.17) is 16.3 Å². The molecule has 1 aromatic carbocycles. The van der Waals surface area contributed by atoms with Crippen molar-refractivity contribution in [3.05, 3.63) is 35.0 Å². The molecule has 28 heavy (non-hydrogen) atoms. The van der Waals surface area contributed by atoms with Gasteiger partial charge in [0.1, 0.15) is 11.7 Å². The molecule has 0 aliphatic carbocycles. The van der Waals surface area contributed by atoms with Gasteiger partial charge in [0, 0.05) is 42.8 Å². The number of nitriles is 1. The van der Waals surface area contributed by atoms with E-state index in [0.29, 0.717) is 10.6 Å². The molecule has 1 saturated heterocycles. The van der Waals surface area contributed by atoms with Crippen molar-refractivity contribution < 1.29 is 9.53 Å². The maximum absolute atomic E-state index is 12.3. The molecule has 1 aliphatic heterocycles. The lowest BCUT2D eigenvalue weighted by atomic mass is 10.0. The van der Waals surface area contributed by atoms with Crippen LogP contribution in [0.2, 0.25) is 5.02 Å². The highest BCUT2D eigenvalue weighted by molar-refractivity contribution is 6.31. The molecule has 0 spiro atoms. The maximum atomic E-state index is 12.3. The second-order valence-electron chi connectivity index (χ2n) is 8.10. The van der Waals surface area contributed by atoms with Gasteiger partial charge in [0.15, 0.2) is 0 Å². The number of halogens is 1. The Labute approximate surface area is 170 Å². The Balaban J connectivity index is 1.79. The highest BCUT2D eigenvalue weighted by Crippen LogP contribution is 2.33. The Kier molecular flexibility index (Phi) is 5.66.